The fraction of sp³-hybridized carbons (Fsp3) is 0.333. The predicted molar refractivity (Wildman–Crippen MR) is 113 cm³/mol. The standard InChI is InChI=1S/C21H22ClNO7S/c1-28-19-7-3-2-6-16(19)18(24)13-30-21(25)14-8-9-17(22)20(11-14)31(26,27)23-12-15-5-4-10-29-15/h2-3,6-9,11,15,23H,4-5,10,12-13H2,1H3. The van der Waals surface area contributed by atoms with Gasteiger partial charge < -0.3 is 14.2 Å². The van der Waals surface area contributed by atoms with Crippen molar-refractivity contribution in [2.75, 3.05) is 26.9 Å². The molecule has 0 radical (unpaired) electrons. The number of hydrogen-bond acceptors (Lipinski definition) is 7. The van der Waals surface area contributed by atoms with Gasteiger partial charge in [-0.05, 0) is 43.2 Å². The van der Waals surface area contributed by atoms with Crippen molar-refractivity contribution in [3.8, 4) is 5.75 Å². The number of carbonyl (C=O) groups excluding carboxylic acids is 2. The Hall–Kier alpha value is -2.46. The minimum Gasteiger partial charge on any atom is -0.496 e. The molecule has 1 aliphatic heterocycles. The molecule has 0 amide bonds. The van der Waals surface area contributed by atoms with Crippen molar-refractivity contribution in [2.24, 2.45) is 0 Å². The molecule has 0 aromatic heterocycles. The van der Waals surface area contributed by atoms with E-state index in [2.05, 4.69) is 4.72 Å². The van der Waals surface area contributed by atoms with Gasteiger partial charge in [-0.25, -0.2) is 17.9 Å². The number of carbonyl (C=O) groups is 2. The molecule has 1 aliphatic rings. The summed E-state index contributed by atoms with van der Waals surface area (Å²) in [5.41, 5.74) is 0.227. The molecule has 10 heteroatoms. The summed E-state index contributed by atoms with van der Waals surface area (Å²) in [7, 11) is -2.54. The molecule has 1 atom stereocenters. The minimum atomic E-state index is -3.97. The summed E-state index contributed by atoms with van der Waals surface area (Å²) in [4.78, 5) is 24.5. The number of ether oxygens (including phenoxy) is 3. The van der Waals surface area contributed by atoms with Gasteiger partial charge in [-0.3, -0.25) is 4.79 Å². The van der Waals surface area contributed by atoms with Crippen LogP contribution in [0, 0.1) is 0 Å². The second kappa shape index (κ2) is 10.2. The van der Waals surface area contributed by atoms with E-state index in [0.29, 0.717) is 12.4 Å². The number of sulfonamides is 1. The quantitative estimate of drug-likeness (QED) is 0.446. The fourth-order valence-electron chi connectivity index (χ4n) is 3.09. The Kier molecular flexibility index (Phi) is 7.66. The first-order valence-electron chi connectivity index (χ1n) is 9.56. The summed E-state index contributed by atoms with van der Waals surface area (Å²) in [6.45, 7) is 0.185. The molecule has 1 heterocycles. The van der Waals surface area contributed by atoms with Crippen LogP contribution in [0.25, 0.3) is 0 Å². The van der Waals surface area contributed by atoms with Crippen molar-refractivity contribution in [1.82, 2.24) is 4.72 Å². The summed E-state index contributed by atoms with van der Waals surface area (Å²) >= 11 is 6.05. The predicted octanol–water partition coefficient (Wildman–Crippen LogP) is 2.85. The largest absolute Gasteiger partial charge is 0.496 e. The number of halogens is 1. The Morgan fingerprint density at radius 1 is 1.23 bits per heavy atom. The van der Waals surface area contributed by atoms with Crippen LogP contribution in [-0.2, 0) is 19.5 Å². The Balaban J connectivity index is 1.68. The molecule has 3 rings (SSSR count). The highest BCUT2D eigenvalue weighted by atomic mass is 35.5. The van der Waals surface area contributed by atoms with E-state index in [1.54, 1.807) is 24.3 Å². The van der Waals surface area contributed by atoms with E-state index in [1.165, 1.54) is 19.2 Å². The van der Waals surface area contributed by atoms with Gasteiger partial charge in [-0.15, -0.1) is 0 Å². The molecular weight excluding hydrogens is 446 g/mol. The lowest BCUT2D eigenvalue weighted by Gasteiger charge is -2.13. The van der Waals surface area contributed by atoms with Gasteiger partial charge in [-0.2, -0.15) is 0 Å². The molecule has 166 valence electrons. The molecule has 1 fully saturated rings. The lowest BCUT2D eigenvalue weighted by atomic mass is 10.1. The zero-order valence-electron chi connectivity index (χ0n) is 16.8. The van der Waals surface area contributed by atoms with Crippen LogP contribution in [0.15, 0.2) is 47.4 Å². The Morgan fingerprint density at radius 2 is 2.00 bits per heavy atom. The molecule has 0 bridgehead atoms. The van der Waals surface area contributed by atoms with Gasteiger partial charge in [0.1, 0.15) is 10.6 Å². The highest BCUT2D eigenvalue weighted by Gasteiger charge is 2.24. The van der Waals surface area contributed by atoms with Gasteiger partial charge in [-0.1, -0.05) is 23.7 Å². The van der Waals surface area contributed by atoms with Crippen LogP contribution in [0.4, 0.5) is 0 Å². The monoisotopic (exact) mass is 467 g/mol. The maximum atomic E-state index is 12.6. The van der Waals surface area contributed by atoms with E-state index < -0.39 is 28.4 Å². The van der Waals surface area contributed by atoms with Crippen molar-refractivity contribution < 1.29 is 32.2 Å². The zero-order chi connectivity index (χ0) is 22.4. The second-order valence-corrected chi connectivity index (χ2v) is 8.97. The third-order valence-corrected chi connectivity index (χ3v) is 6.63. The third-order valence-electron chi connectivity index (χ3n) is 4.72. The molecule has 1 unspecified atom stereocenters. The van der Waals surface area contributed by atoms with Crippen molar-refractivity contribution >= 4 is 33.4 Å². The Bertz CT molecular complexity index is 1070. The van der Waals surface area contributed by atoms with Crippen molar-refractivity contribution in [2.45, 2.75) is 23.8 Å². The number of rotatable bonds is 9. The first kappa shape index (κ1) is 23.2. The lowest BCUT2D eigenvalue weighted by molar-refractivity contribution is 0.0473. The Morgan fingerprint density at radius 3 is 2.71 bits per heavy atom. The molecular formula is C21H22ClNO7S. The first-order chi connectivity index (χ1) is 14.8. The molecule has 1 saturated heterocycles. The Labute approximate surface area is 185 Å². The number of methoxy groups -OCH3 is 1. The van der Waals surface area contributed by atoms with E-state index in [0.717, 1.165) is 18.9 Å². The van der Waals surface area contributed by atoms with E-state index in [-0.39, 0.29) is 33.7 Å². The van der Waals surface area contributed by atoms with Crippen LogP contribution in [0.3, 0.4) is 0 Å². The van der Waals surface area contributed by atoms with Gasteiger partial charge >= 0.3 is 5.97 Å². The van der Waals surface area contributed by atoms with Gasteiger partial charge in [0.05, 0.1) is 29.4 Å². The number of Topliss-reactive ketones (excluding diaryl/α,β-unsaturated/α-hetero) is 1. The summed E-state index contributed by atoms with van der Waals surface area (Å²) in [6, 6.07) is 10.3. The number of hydrogen-bond donors (Lipinski definition) is 1. The van der Waals surface area contributed by atoms with Crippen molar-refractivity contribution in [1.29, 1.82) is 0 Å². The van der Waals surface area contributed by atoms with Gasteiger partial charge in [0, 0.05) is 13.2 Å². The number of benzene rings is 2. The summed E-state index contributed by atoms with van der Waals surface area (Å²) in [6.07, 6.45) is 1.45. The number of ketones is 1. The molecule has 8 nitrogen and oxygen atoms in total. The minimum absolute atomic E-state index is 0.0403. The average Bonchev–Trinajstić information content (AvgIpc) is 3.30. The summed E-state index contributed by atoms with van der Waals surface area (Å²) in [5, 5.41) is -0.0403. The van der Waals surface area contributed by atoms with E-state index in [4.69, 9.17) is 25.8 Å². The van der Waals surface area contributed by atoms with Crippen molar-refractivity contribution in [3.63, 3.8) is 0 Å². The van der Waals surface area contributed by atoms with Crippen molar-refractivity contribution in [3.05, 3.63) is 58.6 Å². The van der Waals surface area contributed by atoms with Gasteiger partial charge in [0.2, 0.25) is 15.8 Å². The topological polar surface area (TPSA) is 108 Å². The number of nitrogens with one attached hydrogen (secondary N) is 1. The molecule has 31 heavy (non-hydrogen) atoms. The third kappa shape index (κ3) is 5.82. The smallest absolute Gasteiger partial charge is 0.338 e. The number of esters is 1. The SMILES string of the molecule is COc1ccccc1C(=O)COC(=O)c1ccc(Cl)c(S(=O)(=O)NCC2CCCO2)c1. The normalized spacial score (nSPS) is 16.1. The van der Waals surface area contributed by atoms with Crippen LogP contribution in [0.5, 0.6) is 5.75 Å². The van der Waals surface area contributed by atoms with E-state index in [9.17, 15) is 18.0 Å². The van der Waals surface area contributed by atoms with E-state index >= 15 is 0 Å². The van der Waals surface area contributed by atoms with Crippen LogP contribution >= 0.6 is 11.6 Å². The van der Waals surface area contributed by atoms with E-state index in [1.807, 2.05) is 0 Å². The number of para-hydroxylation sites is 1. The molecule has 1 N–H and O–H groups in total. The first-order valence-corrected chi connectivity index (χ1v) is 11.4. The van der Waals surface area contributed by atoms with Gasteiger partial charge in [0.25, 0.3) is 0 Å². The molecule has 0 aliphatic carbocycles. The van der Waals surface area contributed by atoms with Gasteiger partial charge in [0.15, 0.2) is 6.61 Å². The van der Waals surface area contributed by atoms with Crippen LogP contribution in [0.2, 0.25) is 5.02 Å². The zero-order valence-corrected chi connectivity index (χ0v) is 18.4. The molecule has 2 aromatic carbocycles. The van der Waals surface area contributed by atoms with Crippen LogP contribution < -0.4 is 9.46 Å². The summed E-state index contributed by atoms with van der Waals surface area (Å²) < 4.78 is 43.3. The molecule has 0 spiro atoms. The highest BCUT2D eigenvalue weighted by molar-refractivity contribution is 7.89. The highest BCUT2D eigenvalue weighted by Crippen LogP contribution is 2.24. The maximum Gasteiger partial charge on any atom is 0.338 e. The fourth-order valence-corrected chi connectivity index (χ4v) is 4.68. The molecule has 0 saturated carbocycles. The van der Waals surface area contributed by atoms with Crippen LogP contribution in [0.1, 0.15) is 33.6 Å². The van der Waals surface area contributed by atoms with Crippen LogP contribution in [-0.4, -0.2) is 53.1 Å². The summed E-state index contributed by atoms with van der Waals surface area (Å²) in [5.74, 6) is -0.943. The second-order valence-electron chi connectivity index (χ2n) is 6.83. The average molecular weight is 468 g/mol. The molecule has 2 aromatic rings. The lowest BCUT2D eigenvalue weighted by Crippen LogP contribution is -2.32. The maximum absolute atomic E-state index is 12.6.